The Bertz CT molecular complexity index is 1490. The number of amides is 1. The Morgan fingerprint density at radius 3 is 2.68 bits per heavy atom. The summed E-state index contributed by atoms with van der Waals surface area (Å²) >= 11 is 9.09. The molecule has 6 rings (SSSR count). The number of carbonyl (C=O) groups excluding carboxylic acids is 1. The molecule has 0 bridgehead atoms. The highest BCUT2D eigenvalue weighted by Crippen LogP contribution is 2.32. The first-order valence-electron chi connectivity index (χ1n) is 11.9. The molecule has 1 aliphatic heterocycles. The van der Waals surface area contributed by atoms with Gasteiger partial charge in [0, 0.05) is 43.3 Å². The van der Waals surface area contributed by atoms with E-state index in [1.807, 2.05) is 66.3 Å². The largest absolute Gasteiger partial charge is 0.371 e. The maximum atomic E-state index is 13.4. The van der Waals surface area contributed by atoms with Crippen molar-refractivity contribution >= 4 is 45.9 Å². The van der Waals surface area contributed by atoms with E-state index in [1.54, 1.807) is 16.0 Å². The lowest BCUT2D eigenvalue weighted by Gasteiger charge is -2.33. The third-order valence-corrected chi connectivity index (χ3v) is 8.47. The minimum absolute atomic E-state index is 0.0985. The summed E-state index contributed by atoms with van der Waals surface area (Å²) in [5.41, 5.74) is 3.11. The number of halogens is 1. The highest BCUT2D eigenvalue weighted by atomic mass is 35.5. The number of hydrogen-bond acceptors (Lipinski definition) is 8. The molecule has 5 aromatic rings. The van der Waals surface area contributed by atoms with Crippen molar-refractivity contribution in [1.82, 2.24) is 25.2 Å². The molecule has 0 aromatic carbocycles. The minimum Gasteiger partial charge on any atom is -0.371 e. The Hall–Kier alpha value is -3.47. The monoisotopic (exact) mass is 550 g/mol. The van der Waals surface area contributed by atoms with Crippen LogP contribution >= 0.6 is 34.3 Å². The van der Waals surface area contributed by atoms with Gasteiger partial charge in [0.2, 0.25) is 0 Å². The number of aromatic nitrogens is 4. The molecule has 5 aromatic heterocycles. The molecular weight excluding hydrogens is 528 g/mol. The molecule has 0 saturated carbocycles. The van der Waals surface area contributed by atoms with Gasteiger partial charge in [0.05, 0.1) is 20.6 Å². The van der Waals surface area contributed by atoms with Gasteiger partial charge in [-0.2, -0.15) is 5.10 Å². The van der Waals surface area contributed by atoms with E-state index in [1.165, 1.54) is 11.3 Å². The first-order valence-corrected chi connectivity index (χ1v) is 14.0. The van der Waals surface area contributed by atoms with Gasteiger partial charge in [-0.1, -0.05) is 22.8 Å². The second-order valence-electron chi connectivity index (χ2n) is 8.78. The van der Waals surface area contributed by atoms with E-state index in [2.05, 4.69) is 20.4 Å². The van der Waals surface area contributed by atoms with Crippen LogP contribution in [-0.2, 0) is 6.54 Å². The molecule has 188 valence electrons. The first kappa shape index (κ1) is 23.9. The molecule has 11 heteroatoms. The summed E-state index contributed by atoms with van der Waals surface area (Å²) in [5.74, 6) is 0.510. The maximum Gasteiger partial charge on any atom is 0.269 e. The number of anilines is 1. The summed E-state index contributed by atoms with van der Waals surface area (Å²) in [4.78, 5) is 21.8. The topological polar surface area (TPSA) is 89.1 Å². The molecule has 0 radical (unpaired) electrons. The average Bonchev–Trinajstić information content (AvgIpc) is 3.72. The normalized spacial score (nSPS) is 14.2. The number of pyridine rings is 1. The lowest BCUT2D eigenvalue weighted by Crippen LogP contribution is -2.45. The van der Waals surface area contributed by atoms with Crippen molar-refractivity contribution in [3.63, 3.8) is 0 Å². The third kappa shape index (κ3) is 5.31. The fourth-order valence-corrected chi connectivity index (χ4v) is 6.14. The standard InChI is InChI=1S/C26H23ClN6O2S2/c27-25-4-3-24(37-25)22-14-18(31-35-22)16-33-21(15-20(30-33)23-2-1-13-36-23)26(34)29-17-7-11-32(12-8-17)19-5-9-28-10-6-19/h1-6,9-10,13-15,17H,7-8,11-12,16H2,(H,29,34). The molecule has 1 saturated heterocycles. The van der Waals surface area contributed by atoms with Crippen LogP contribution in [0.2, 0.25) is 4.34 Å². The van der Waals surface area contributed by atoms with Crippen LogP contribution in [0, 0.1) is 0 Å². The van der Waals surface area contributed by atoms with Gasteiger partial charge in [0.1, 0.15) is 17.1 Å². The van der Waals surface area contributed by atoms with Crippen LogP contribution < -0.4 is 10.2 Å². The summed E-state index contributed by atoms with van der Waals surface area (Å²) in [5, 5.41) is 14.2. The molecule has 6 heterocycles. The molecule has 1 aliphatic rings. The molecule has 37 heavy (non-hydrogen) atoms. The predicted molar refractivity (Wildman–Crippen MR) is 146 cm³/mol. The maximum absolute atomic E-state index is 13.4. The Labute approximate surface area is 226 Å². The molecular formula is C26H23ClN6O2S2. The molecule has 1 fully saturated rings. The van der Waals surface area contributed by atoms with Gasteiger partial charge in [0.15, 0.2) is 5.76 Å². The van der Waals surface area contributed by atoms with Crippen molar-refractivity contribution in [2.75, 3.05) is 18.0 Å². The Kier molecular flexibility index (Phi) is 6.77. The summed E-state index contributed by atoms with van der Waals surface area (Å²) in [6.45, 7) is 2.07. The van der Waals surface area contributed by atoms with Gasteiger partial charge >= 0.3 is 0 Å². The highest BCUT2D eigenvalue weighted by Gasteiger charge is 2.24. The van der Waals surface area contributed by atoms with Crippen molar-refractivity contribution in [2.24, 2.45) is 0 Å². The molecule has 0 unspecified atom stereocenters. The SMILES string of the molecule is O=C(NC1CCN(c2ccncc2)CC1)c1cc(-c2cccs2)nn1Cc1cc(-c2ccc(Cl)s2)on1. The van der Waals surface area contributed by atoms with Crippen molar-refractivity contribution in [3.8, 4) is 21.2 Å². The highest BCUT2D eigenvalue weighted by molar-refractivity contribution is 7.19. The van der Waals surface area contributed by atoms with Gasteiger partial charge in [-0.3, -0.25) is 14.5 Å². The third-order valence-electron chi connectivity index (χ3n) is 6.33. The van der Waals surface area contributed by atoms with Crippen LogP contribution in [0.1, 0.15) is 29.0 Å². The van der Waals surface area contributed by atoms with Gasteiger partial charge in [-0.05, 0) is 54.6 Å². The second kappa shape index (κ2) is 10.5. The zero-order valence-corrected chi connectivity index (χ0v) is 22.1. The quantitative estimate of drug-likeness (QED) is 0.274. The lowest BCUT2D eigenvalue weighted by molar-refractivity contribution is 0.0920. The number of nitrogens with one attached hydrogen (secondary N) is 1. The van der Waals surface area contributed by atoms with E-state index in [9.17, 15) is 4.79 Å². The van der Waals surface area contributed by atoms with Crippen molar-refractivity contribution in [2.45, 2.75) is 25.4 Å². The Morgan fingerprint density at radius 2 is 1.95 bits per heavy atom. The molecule has 8 nitrogen and oxygen atoms in total. The Balaban J connectivity index is 1.18. The van der Waals surface area contributed by atoms with E-state index in [0.717, 1.165) is 47.1 Å². The van der Waals surface area contributed by atoms with Gasteiger partial charge in [-0.15, -0.1) is 22.7 Å². The summed E-state index contributed by atoms with van der Waals surface area (Å²) in [6, 6.07) is 15.6. The van der Waals surface area contributed by atoms with Crippen LogP contribution in [0.5, 0.6) is 0 Å². The smallest absolute Gasteiger partial charge is 0.269 e. The lowest BCUT2D eigenvalue weighted by atomic mass is 10.0. The van der Waals surface area contributed by atoms with Gasteiger partial charge < -0.3 is 14.7 Å². The summed E-state index contributed by atoms with van der Waals surface area (Å²) in [6.07, 6.45) is 5.36. The van der Waals surface area contributed by atoms with Crippen LogP contribution in [0.4, 0.5) is 5.69 Å². The average molecular weight is 551 g/mol. The van der Waals surface area contributed by atoms with Crippen molar-refractivity contribution < 1.29 is 9.32 Å². The number of hydrogen-bond donors (Lipinski definition) is 1. The van der Waals surface area contributed by atoms with E-state index >= 15 is 0 Å². The minimum atomic E-state index is -0.133. The first-order chi connectivity index (χ1) is 18.1. The molecule has 1 N–H and O–H groups in total. The fourth-order valence-electron chi connectivity index (χ4n) is 4.46. The predicted octanol–water partition coefficient (Wildman–Crippen LogP) is 5.82. The van der Waals surface area contributed by atoms with Crippen molar-refractivity contribution in [1.29, 1.82) is 0 Å². The number of thiophene rings is 2. The van der Waals surface area contributed by atoms with E-state index in [0.29, 0.717) is 28.0 Å². The van der Waals surface area contributed by atoms with E-state index < -0.39 is 0 Å². The molecule has 1 amide bonds. The number of nitrogens with zero attached hydrogens (tertiary/aromatic N) is 5. The number of rotatable bonds is 7. The van der Waals surface area contributed by atoms with E-state index in [-0.39, 0.29) is 11.9 Å². The zero-order chi connectivity index (χ0) is 25.2. The van der Waals surface area contributed by atoms with Gasteiger partial charge in [0.25, 0.3) is 5.91 Å². The van der Waals surface area contributed by atoms with Crippen LogP contribution in [0.25, 0.3) is 21.2 Å². The van der Waals surface area contributed by atoms with E-state index in [4.69, 9.17) is 21.2 Å². The van der Waals surface area contributed by atoms with Crippen LogP contribution in [0.3, 0.4) is 0 Å². The molecule has 0 aliphatic carbocycles. The number of carbonyl (C=O) groups is 1. The van der Waals surface area contributed by atoms with Crippen molar-refractivity contribution in [3.05, 3.63) is 82.0 Å². The molecule has 0 spiro atoms. The fraction of sp³-hybridized carbons (Fsp3) is 0.231. The second-order valence-corrected chi connectivity index (χ2v) is 11.4. The Morgan fingerprint density at radius 1 is 1.11 bits per heavy atom. The summed E-state index contributed by atoms with van der Waals surface area (Å²) < 4.78 is 7.93. The van der Waals surface area contributed by atoms with Crippen LogP contribution in [0.15, 0.2) is 70.8 Å². The number of piperidine rings is 1. The van der Waals surface area contributed by atoms with Crippen LogP contribution in [-0.4, -0.2) is 45.0 Å². The van der Waals surface area contributed by atoms with Gasteiger partial charge in [-0.25, -0.2) is 0 Å². The molecule has 0 atom stereocenters. The zero-order valence-electron chi connectivity index (χ0n) is 19.7. The summed E-state index contributed by atoms with van der Waals surface area (Å²) in [7, 11) is 0.